The molecule has 2 aromatic carbocycles. The number of nitrogens with zero attached hydrogens (tertiary/aromatic N) is 1. The van der Waals surface area contributed by atoms with Gasteiger partial charge in [0.25, 0.3) is 0 Å². The van der Waals surface area contributed by atoms with E-state index in [0.717, 1.165) is 16.0 Å². The van der Waals surface area contributed by atoms with E-state index in [4.69, 9.17) is 0 Å². The number of thioether (sulfide) groups is 1. The maximum atomic E-state index is 13.5. The topological polar surface area (TPSA) is 43.1 Å². The van der Waals surface area contributed by atoms with Gasteiger partial charge in [-0.05, 0) is 30.2 Å². The van der Waals surface area contributed by atoms with Crippen LogP contribution < -0.4 is 0 Å². The molecule has 0 amide bonds. The van der Waals surface area contributed by atoms with Crippen molar-refractivity contribution in [3.8, 4) is 0 Å². The Morgan fingerprint density at radius 2 is 2.00 bits per heavy atom. The number of hydrogen-bond acceptors (Lipinski definition) is 3. The van der Waals surface area contributed by atoms with Crippen LogP contribution in [0.5, 0.6) is 0 Å². The minimum atomic E-state index is -0.784. The lowest BCUT2D eigenvalue weighted by Gasteiger charge is -2.05. The Balaban J connectivity index is 2.11. The molecule has 0 fully saturated rings. The number of nitro benzene ring substituents is 1. The molecule has 0 saturated heterocycles. The highest BCUT2D eigenvalue weighted by atomic mass is 32.2. The molecule has 0 unspecified atom stereocenters. The Bertz CT molecular complexity index is 616. The van der Waals surface area contributed by atoms with Gasteiger partial charge in [0.1, 0.15) is 0 Å². The van der Waals surface area contributed by atoms with E-state index in [9.17, 15) is 14.5 Å². The molecule has 3 nitrogen and oxygen atoms in total. The molecule has 0 aromatic heterocycles. The number of nitro groups is 1. The van der Waals surface area contributed by atoms with Gasteiger partial charge in [-0.25, -0.2) is 0 Å². The lowest BCUT2D eigenvalue weighted by Crippen LogP contribution is -1.93. The van der Waals surface area contributed by atoms with Crippen molar-refractivity contribution in [2.45, 2.75) is 17.6 Å². The Morgan fingerprint density at radius 1 is 1.26 bits per heavy atom. The van der Waals surface area contributed by atoms with Gasteiger partial charge in [-0.3, -0.25) is 10.1 Å². The van der Waals surface area contributed by atoms with Crippen molar-refractivity contribution >= 4 is 17.4 Å². The smallest absolute Gasteiger partial charge is 0.258 e. The van der Waals surface area contributed by atoms with E-state index >= 15 is 0 Å². The molecule has 98 valence electrons. The molecule has 0 aliphatic rings. The summed E-state index contributed by atoms with van der Waals surface area (Å²) in [5.41, 5.74) is 1.41. The van der Waals surface area contributed by atoms with E-state index in [-0.39, 0.29) is 0 Å². The van der Waals surface area contributed by atoms with E-state index in [2.05, 4.69) is 0 Å². The van der Waals surface area contributed by atoms with Gasteiger partial charge >= 0.3 is 5.69 Å². The second-order valence-corrected chi connectivity index (χ2v) is 5.11. The fourth-order valence-corrected chi connectivity index (χ4v) is 2.64. The quantitative estimate of drug-likeness (QED) is 0.474. The summed E-state index contributed by atoms with van der Waals surface area (Å²) >= 11 is 1.59. The average molecular weight is 277 g/mol. The minimum absolute atomic E-state index is 0.482. The molecular weight excluding hydrogens is 265 g/mol. The van der Waals surface area contributed by atoms with Crippen molar-refractivity contribution in [2.24, 2.45) is 0 Å². The Labute approximate surface area is 114 Å². The van der Waals surface area contributed by atoms with Crippen LogP contribution in [0, 0.1) is 22.9 Å². The molecule has 0 spiro atoms. The van der Waals surface area contributed by atoms with E-state index in [1.54, 1.807) is 17.8 Å². The molecule has 5 heteroatoms. The van der Waals surface area contributed by atoms with Crippen LogP contribution in [0.25, 0.3) is 0 Å². The molecule has 0 N–H and O–H groups in total. The predicted octanol–water partition coefficient (Wildman–Crippen LogP) is 4.33. The summed E-state index contributed by atoms with van der Waals surface area (Å²) in [4.78, 5) is 10.9. The van der Waals surface area contributed by atoms with Crippen molar-refractivity contribution in [1.29, 1.82) is 0 Å². The third-order valence-corrected chi connectivity index (χ3v) is 3.94. The summed E-state index contributed by atoms with van der Waals surface area (Å²) < 4.78 is 13.5. The van der Waals surface area contributed by atoms with Crippen molar-refractivity contribution in [1.82, 2.24) is 0 Å². The van der Waals surface area contributed by atoms with Gasteiger partial charge in [0.15, 0.2) is 0 Å². The highest BCUT2D eigenvalue weighted by Gasteiger charge is 2.13. The molecule has 0 saturated carbocycles. The number of benzene rings is 2. The third-order valence-electron chi connectivity index (χ3n) is 2.70. The highest BCUT2D eigenvalue weighted by molar-refractivity contribution is 7.98. The zero-order valence-corrected chi connectivity index (χ0v) is 11.1. The van der Waals surface area contributed by atoms with Gasteiger partial charge in [-0.2, -0.15) is 4.39 Å². The van der Waals surface area contributed by atoms with Crippen LogP contribution in [-0.4, -0.2) is 4.92 Å². The summed E-state index contributed by atoms with van der Waals surface area (Å²) in [6.45, 7) is 2.01. The predicted molar refractivity (Wildman–Crippen MR) is 73.8 cm³/mol. The molecule has 2 rings (SSSR count). The first-order valence-corrected chi connectivity index (χ1v) is 6.68. The highest BCUT2D eigenvalue weighted by Crippen LogP contribution is 2.27. The summed E-state index contributed by atoms with van der Waals surface area (Å²) in [5.74, 6) is -0.201. The first kappa shape index (κ1) is 13.5. The number of hydrogen-bond donors (Lipinski definition) is 0. The normalized spacial score (nSPS) is 10.4. The first-order chi connectivity index (χ1) is 9.08. The van der Waals surface area contributed by atoms with Crippen LogP contribution in [0.4, 0.5) is 10.1 Å². The first-order valence-electron chi connectivity index (χ1n) is 5.69. The van der Waals surface area contributed by atoms with Crippen molar-refractivity contribution < 1.29 is 9.31 Å². The SMILES string of the molecule is Cc1ccccc1SCc1ccc([N+](=O)[O-])c(F)c1. The molecule has 19 heavy (non-hydrogen) atoms. The standard InChI is InChI=1S/C14H12FNO2S/c1-10-4-2-3-5-14(10)19-9-11-6-7-13(16(17)18)12(15)8-11/h2-8H,9H2,1H3. The van der Waals surface area contributed by atoms with Gasteiger partial charge in [0.05, 0.1) is 4.92 Å². The maximum absolute atomic E-state index is 13.5. The lowest BCUT2D eigenvalue weighted by atomic mass is 10.2. The monoisotopic (exact) mass is 277 g/mol. The van der Waals surface area contributed by atoms with Gasteiger partial charge in [0, 0.05) is 16.7 Å². The molecule has 0 radical (unpaired) electrons. The molecule has 0 heterocycles. The minimum Gasteiger partial charge on any atom is -0.258 e. The zero-order chi connectivity index (χ0) is 13.8. The Hall–Kier alpha value is -1.88. The van der Waals surface area contributed by atoms with E-state index in [1.807, 2.05) is 31.2 Å². The van der Waals surface area contributed by atoms with E-state index in [1.165, 1.54) is 12.1 Å². The summed E-state index contributed by atoms with van der Waals surface area (Å²) in [6, 6.07) is 12.0. The molecule has 0 atom stereocenters. The van der Waals surface area contributed by atoms with Crippen LogP contribution in [-0.2, 0) is 5.75 Å². The van der Waals surface area contributed by atoms with Crippen molar-refractivity contribution in [3.05, 3.63) is 69.5 Å². The molecule has 0 aliphatic carbocycles. The second kappa shape index (κ2) is 5.84. The Morgan fingerprint density at radius 3 is 2.63 bits per heavy atom. The second-order valence-electron chi connectivity index (χ2n) is 4.10. The van der Waals surface area contributed by atoms with E-state index < -0.39 is 16.4 Å². The van der Waals surface area contributed by atoms with E-state index in [0.29, 0.717) is 5.75 Å². The van der Waals surface area contributed by atoms with Crippen LogP contribution in [0.2, 0.25) is 0 Å². The fraction of sp³-hybridized carbons (Fsp3) is 0.143. The summed E-state index contributed by atoms with van der Waals surface area (Å²) in [6.07, 6.45) is 0. The molecule has 2 aromatic rings. The molecule has 0 bridgehead atoms. The van der Waals surface area contributed by atoms with Crippen molar-refractivity contribution in [3.63, 3.8) is 0 Å². The Kier molecular flexibility index (Phi) is 4.16. The van der Waals surface area contributed by atoms with Crippen molar-refractivity contribution in [2.75, 3.05) is 0 Å². The summed E-state index contributed by atoms with van der Waals surface area (Å²) in [7, 11) is 0. The lowest BCUT2D eigenvalue weighted by molar-refractivity contribution is -0.387. The van der Waals surface area contributed by atoms with Gasteiger partial charge in [0.2, 0.25) is 5.82 Å². The molecule has 0 aliphatic heterocycles. The van der Waals surface area contributed by atoms with Gasteiger partial charge in [-0.15, -0.1) is 11.8 Å². The maximum Gasteiger partial charge on any atom is 0.304 e. The van der Waals surface area contributed by atoms with Crippen LogP contribution in [0.1, 0.15) is 11.1 Å². The van der Waals surface area contributed by atoms with Crippen LogP contribution >= 0.6 is 11.8 Å². The number of aryl methyl sites for hydroxylation is 1. The number of rotatable bonds is 4. The third kappa shape index (κ3) is 3.32. The van der Waals surface area contributed by atoms with Crippen LogP contribution in [0.15, 0.2) is 47.4 Å². The number of halogens is 1. The van der Waals surface area contributed by atoms with Gasteiger partial charge in [-0.1, -0.05) is 24.3 Å². The summed E-state index contributed by atoms with van der Waals surface area (Å²) in [5, 5.41) is 10.5. The van der Waals surface area contributed by atoms with Gasteiger partial charge < -0.3 is 0 Å². The average Bonchev–Trinajstić information content (AvgIpc) is 2.37. The fourth-order valence-electron chi connectivity index (χ4n) is 1.67. The zero-order valence-electron chi connectivity index (χ0n) is 10.3. The van der Waals surface area contributed by atoms with Crippen LogP contribution in [0.3, 0.4) is 0 Å². The largest absolute Gasteiger partial charge is 0.304 e. The molecular formula is C14H12FNO2S.